The van der Waals surface area contributed by atoms with Gasteiger partial charge in [-0.05, 0) is 26.2 Å². The van der Waals surface area contributed by atoms with Crippen LogP contribution in [-0.4, -0.2) is 27.7 Å². The Kier molecular flexibility index (Phi) is 6.04. The number of esters is 1. The third-order valence-corrected chi connectivity index (χ3v) is 2.65. The molecule has 0 amide bonds. The molecule has 0 atom stereocenters. The maximum atomic E-state index is 11.0. The molecule has 18 heavy (non-hydrogen) atoms. The molecule has 1 aromatic heterocycles. The van der Waals surface area contributed by atoms with Crippen molar-refractivity contribution in [3.05, 3.63) is 16.2 Å². The van der Waals surface area contributed by atoms with Gasteiger partial charge in [0.05, 0.1) is 12.3 Å². The Bertz CT molecular complexity index is 422. The second-order valence-electron chi connectivity index (χ2n) is 4.13. The molecule has 0 saturated heterocycles. The zero-order valence-electron chi connectivity index (χ0n) is 10.6. The Balaban J connectivity index is 2.07. The molecule has 6 nitrogen and oxygen atoms in total. The molecule has 0 fully saturated rings. The van der Waals surface area contributed by atoms with E-state index in [1.165, 1.54) is 0 Å². The lowest BCUT2D eigenvalue weighted by Crippen LogP contribution is -2.03. The van der Waals surface area contributed by atoms with Crippen LogP contribution in [-0.2, 0) is 16.0 Å². The maximum absolute atomic E-state index is 11.0. The van der Waals surface area contributed by atoms with Crippen LogP contribution in [0.4, 0.5) is 0 Å². The van der Waals surface area contributed by atoms with Crippen molar-refractivity contribution >= 4 is 5.97 Å². The number of aromatic nitrogens is 2. The van der Waals surface area contributed by atoms with E-state index in [9.17, 15) is 14.7 Å². The van der Waals surface area contributed by atoms with Crippen LogP contribution in [0.3, 0.4) is 0 Å². The Morgan fingerprint density at radius 2 is 1.94 bits per heavy atom. The molecule has 0 aliphatic heterocycles. The van der Waals surface area contributed by atoms with Crippen LogP contribution in [0.15, 0.2) is 4.79 Å². The molecule has 0 aliphatic rings. The number of hydrogen-bond acceptors (Lipinski definition) is 4. The van der Waals surface area contributed by atoms with Crippen molar-refractivity contribution in [3.63, 3.8) is 0 Å². The summed E-state index contributed by atoms with van der Waals surface area (Å²) in [5.74, 6) is -0.225. The molecule has 3 N–H and O–H groups in total. The average molecular weight is 256 g/mol. The van der Waals surface area contributed by atoms with Gasteiger partial charge in [-0.3, -0.25) is 9.78 Å². The van der Waals surface area contributed by atoms with E-state index in [2.05, 4.69) is 9.97 Å². The van der Waals surface area contributed by atoms with Crippen LogP contribution in [0.25, 0.3) is 0 Å². The van der Waals surface area contributed by atoms with Crippen molar-refractivity contribution in [3.8, 4) is 5.88 Å². The summed E-state index contributed by atoms with van der Waals surface area (Å²) in [7, 11) is 0. The molecule has 6 heteroatoms. The topological polar surface area (TPSA) is 95.2 Å². The number of H-pyrrole nitrogens is 2. The van der Waals surface area contributed by atoms with Gasteiger partial charge in [0.25, 0.3) is 0 Å². The summed E-state index contributed by atoms with van der Waals surface area (Å²) in [6.45, 7) is 2.22. The van der Waals surface area contributed by atoms with Crippen LogP contribution in [0.2, 0.25) is 0 Å². The highest BCUT2D eigenvalue weighted by Gasteiger charge is 2.05. The SMILES string of the molecule is CCOC(=O)CCCCCCc1[nH]c(=O)[nH]c1O. The van der Waals surface area contributed by atoms with Gasteiger partial charge in [-0.2, -0.15) is 0 Å². The predicted molar refractivity (Wildman–Crippen MR) is 66.5 cm³/mol. The van der Waals surface area contributed by atoms with Gasteiger partial charge in [0.1, 0.15) is 0 Å². The van der Waals surface area contributed by atoms with Gasteiger partial charge in [0, 0.05) is 6.42 Å². The first-order chi connectivity index (χ1) is 8.63. The number of rotatable bonds is 8. The van der Waals surface area contributed by atoms with Crippen molar-refractivity contribution < 1.29 is 14.6 Å². The van der Waals surface area contributed by atoms with Crippen LogP contribution < -0.4 is 5.69 Å². The Labute approximate surface area is 105 Å². The normalized spacial score (nSPS) is 10.5. The van der Waals surface area contributed by atoms with E-state index in [1.54, 1.807) is 6.92 Å². The van der Waals surface area contributed by atoms with Crippen LogP contribution in [0.5, 0.6) is 5.88 Å². The number of carbonyl (C=O) groups is 1. The van der Waals surface area contributed by atoms with Crippen molar-refractivity contribution in [1.29, 1.82) is 0 Å². The molecular weight excluding hydrogens is 236 g/mol. The molecule has 1 rings (SSSR count). The fourth-order valence-electron chi connectivity index (χ4n) is 1.75. The van der Waals surface area contributed by atoms with Gasteiger partial charge in [0.2, 0.25) is 5.88 Å². The minimum atomic E-state index is -0.384. The number of aromatic hydroxyl groups is 1. The van der Waals surface area contributed by atoms with Gasteiger partial charge >= 0.3 is 11.7 Å². The number of hydrogen-bond donors (Lipinski definition) is 3. The molecule has 1 aromatic rings. The third-order valence-electron chi connectivity index (χ3n) is 2.65. The number of unbranched alkanes of at least 4 members (excludes halogenated alkanes) is 3. The molecular formula is C12H20N2O4. The third kappa shape index (κ3) is 5.07. The number of ether oxygens (including phenoxy) is 1. The maximum Gasteiger partial charge on any atom is 0.325 e. The number of aromatic amines is 2. The molecule has 0 aromatic carbocycles. The first kappa shape index (κ1) is 14.3. The lowest BCUT2D eigenvalue weighted by Gasteiger charge is -2.02. The van der Waals surface area contributed by atoms with E-state index in [-0.39, 0.29) is 17.5 Å². The highest BCUT2D eigenvalue weighted by atomic mass is 16.5. The summed E-state index contributed by atoms with van der Waals surface area (Å²) in [6, 6.07) is 0. The van der Waals surface area contributed by atoms with E-state index in [0.29, 0.717) is 25.1 Å². The second-order valence-corrected chi connectivity index (χ2v) is 4.13. The van der Waals surface area contributed by atoms with Crippen molar-refractivity contribution in [2.75, 3.05) is 6.61 Å². The van der Waals surface area contributed by atoms with Crippen molar-refractivity contribution in [1.82, 2.24) is 9.97 Å². The highest BCUT2D eigenvalue weighted by Crippen LogP contribution is 2.12. The van der Waals surface area contributed by atoms with E-state index >= 15 is 0 Å². The summed E-state index contributed by atoms with van der Waals surface area (Å²) in [4.78, 5) is 26.7. The number of aryl methyl sites for hydroxylation is 1. The summed E-state index contributed by atoms with van der Waals surface area (Å²) in [6.07, 6.45) is 4.66. The first-order valence-electron chi connectivity index (χ1n) is 6.29. The predicted octanol–water partition coefficient (Wildman–Crippen LogP) is 1.46. The molecule has 102 valence electrons. The van der Waals surface area contributed by atoms with E-state index in [1.807, 2.05) is 0 Å². The number of nitrogens with one attached hydrogen (secondary N) is 2. The van der Waals surface area contributed by atoms with Crippen molar-refractivity contribution in [2.45, 2.75) is 45.4 Å². The van der Waals surface area contributed by atoms with Crippen molar-refractivity contribution in [2.24, 2.45) is 0 Å². The second kappa shape index (κ2) is 7.58. The lowest BCUT2D eigenvalue weighted by molar-refractivity contribution is -0.143. The fraction of sp³-hybridized carbons (Fsp3) is 0.667. The smallest absolute Gasteiger partial charge is 0.325 e. The van der Waals surface area contributed by atoms with Gasteiger partial charge in [0.15, 0.2) is 0 Å². The Morgan fingerprint density at radius 1 is 1.22 bits per heavy atom. The van der Waals surface area contributed by atoms with E-state index in [4.69, 9.17) is 4.74 Å². The molecule has 0 spiro atoms. The van der Waals surface area contributed by atoms with E-state index in [0.717, 1.165) is 25.7 Å². The van der Waals surface area contributed by atoms with E-state index < -0.39 is 0 Å². The molecule has 0 unspecified atom stereocenters. The lowest BCUT2D eigenvalue weighted by atomic mass is 10.1. The average Bonchev–Trinajstić information content (AvgIpc) is 2.62. The minimum absolute atomic E-state index is 0.0773. The molecule has 0 saturated carbocycles. The van der Waals surface area contributed by atoms with Crippen LogP contribution in [0.1, 0.15) is 44.7 Å². The summed E-state index contributed by atoms with van der Waals surface area (Å²) < 4.78 is 4.82. The molecule has 0 bridgehead atoms. The van der Waals surface area contributed by atoms with Gasteiger partial charge in [-0.25, -0.2) is 4.79 Å². The number of imidazole rings is 1. The fourth-order valence-corrected chi connectivity index (χ4v) is 1.75. The number of carbonyl (C=O) groups excluding carboxylic acids is 1. The standard InChI is InChI=1S/C12H20N2O4/c1-2-18-10(15)8-6-4-3-5-7-9-11(16)14-12(17)13-9/h16H,2-8H2,1H3,(H2,13,14,17). The zero-order chi connectivity index (χ0) is 13.4. The summed E-state index contributed by atoms with van der Waals surface area (Å²) in [5, 5.41) is 9.32. The molecule has 0 radical (unpaired) electrons. The zero-order valence-corrected chi connectivity index (χ0v) is 10.6. The minimum Gasteiger partial charge on any atom is -0.493 e. The van der Waals surface area contributed by atoms with Gasteiger partial charge < -0.3 is 14.8 Å². The first-order valence-corrected chi connectivity index (χ1v) is 6.29. The largest absolute Gasteiger partial charge is 0.493 e. The van der Waals surface area contributed by atoms with Gasteiger partial charge in [-0.15, -0.1) is 0 Å². The van der Waals surface area contributed by atoms with Gasteiger partial charge in [-0.1, -0.05) is 12.8 Å². The molecule has 0 aliphatic carbocycles. The monoisotopic (exact) mass is 256 g/mol. The van der Waals surface area contributed by atoms with Crippen LogP contribution >= 0.6 is 0 Å². The Hall–Kier alpha value is -1.72. The molecule has 1 heterocycles. The quantitative estimate of drug-likeness (QED) is 0.484. The summed E-state index contributed by atoms with van der Waals surface area (Å²) in [5.41, 5.74) is 0.162. The Morgan fingerprint density at radius 3 is 2.56 bits per heavy atom. The highest BCUT2D eigenvalue weighted by molar-refractivity contribution is 5.69. The summed E-state index contributed by atoms with van der Waals surface area (Å²) >= 11 is 0. The van der Waals surface area contributed by atoms with Crippen LogP contribution in [0, 0.1) is 0 Å².